The summed E-state index contributed by atoms with van der Waals surface area (Å²) in [4.78, 5) is 13.0. The van der Waals surface area contributed by atoms with E-state index in [0.29, 0.717) is 6.42 Å². The molecule has 28 heavy (non-hydrogen) atoms. The van der Waals surface area contributed by atoms with E-state index in [1.165, 1.54) is 0 Å². The molecule has 2 unspecified atom stereocenters. The van der Waals surface area contributed by atoms with E-state index in [-0.39, 0.29) is 17.6 Å². The molecule has 1 aliphatic rings. The van der Waals surface area contributed by atoms with Crippen molar-refractivity contribution < 1.29 is 14.3 Å². The minimum atomic E-state index is -0.527. The number of amides is 1. The van der Waals surface area contributed by atoms with Gasteiger partial charge in [-0.25, -0.2) is 0 Å². The van der Waals surface area contributed by atoms with Gasteiger partial charge < -0.3 is 14.8 Å². The topological polar surface area (TPSA) is 47.6 Å². The molecule has 0 aliphatic carbocycles. The maximum absolute atomic E-state index is 13.0. The minimum absolute atomic E-state index is 0.0863. The summed E-state index contributed by atoms with van der Waals surface area (Å²) in [6.45, 7) is 12.2. The van der Waals surface area contributed by atoms with Crippen LogP contribution in [0.25, 0.3) is 0 Å². The summed E-state index contributed by atoms with van der Waals surface area (Å²) in [5.41, 5.74) is 4.10. The van der Waals surface area contributed by atoms with E-state index in [1.54, 1.807) is 0 Å². The molecule has 1 N–H and O–H groups in total. The number of hydrogen-bond acceptors (Lipinski definition) is 3. The first-order valence-corrected chi connectivity index (χ1v) is 10.0. The van der Waals surface area contributed by atoms with E-state index in [9.17, 15) is 4.79 Å². The van der Waals surface area contributed by atoms with Crippen LogP contribution in [0.2, 0.25) is 0 Å². The van der Waals surface area contributed by atoms with Gasteiger partial charge >= 0.3 is 0 Å². The minimum Gasteiger partial charge on any atom is -0.487 e. The van der Waals surface area contributed by atoms with Crippen molar-refractivity contribution in [3.63, 3.8) is 0 Å². The fourth-order valence-electron chi connectivity index (χ4n) is 3.85. The smallest absolute Gasteiger partial charge is 0.261 e. The van der Waals surface area contributed by atoms with Crippen LogP contribution in [0.1, 0.15) is 61.9 Å². The van der Waals surface area contributed by atoms with E-state index < -0.39 is 6.10 Å². The summed E-state index contributed by atoms with van der Waals surface area (Å²) in [7, 11) is 0. The van der Waals surface area contributed by atoms with E-state index in [0.717, 1.165) is 40.2 Å². The third kappa shape index (κ3) is 4.67. The molecule has 0 saturated heterocycles. The van der Waals surface area contributed by atoms with Crippen molar-refractivity contribution in [1.82, 2.24) is 5.32 Å². The Morgan fingerprint density at radius 3 is 2.46 bits per heavy atom. The van der Waals surface area contributed by atoms with Gasteiger partial charge in [-0.3, -0.25) is 4.79 Å². The molecular weight excluding hydrogens is 350 g/mol. The third-order valence-electron chi connectivity index (χ3n) is 5.08. The number of aryl methyl sites for hydroxylation is 3. The van der Waals surface area contributed by atoms with Gasteiger partial charge in [-0.2, -0.15) is 0 Å². The zero-order valence-corrected chi connectivity index (χ0v) is 17.8. The first kappa shape index (κ1) is 20.2. The quantitative estimate of drug-likeness (QED) is 0.775. The highest BCUT2D eigenvalue weighted by Gasteiger charge is 2.35. The van der Waals surface area contributed by atoms with Crippen LogP contribution < -0.4 is 14.8 Å². The molecule has 0 saturated carbocycles. The molecular formula is C24H31NO3. The normalized spacial score (nSPS) is 18.6. The second-order valence-electron chi connectivity index (χ2n) is 8.51. The zero-order valence-electron chi connectivity index (χ0n) is 17.8. The highest BCUT2D eigenvalue weighted by molar-refractivity contribution is 5.81. The Balaban J connectivity index is 1.79. The Kier molecular flexibility index (Phi) is 5.69. The summed E-state index contributed by atoms with van der Waals surface area (Å²) < 4.78 is 12.2. The molecule has 0 spiro atoms. The number of rotatable bonds is 5. The molecule has 1 aliphatic heterocycles. The fourth-order valence-corrected chi connectivity index (χ4v) is 3.85. The van der Waals surface area contributed by atoms with Crippen LogP contribution in [0.4, 0.5) is 0 Å². The number of hydrogen-bond donors (Lipinski definition) is 1. The van der Waals surface area contributed by atoms with Gasteiger partial charge in [-0.15, -0.1) is 0 Å². The highest BCUT2D eigenvalue weighted by atomic mass is 16.5. The lowest BCUT2D eigenvalue weighted by Crippen LogP contribution is -2.45. The highest BCUT2D eigenvalue weighted by Crippen LogP contribution is 2.40. The number of fused-ring (bicyclic) bond motifs is 1. The van der Waals surface area contributed by atoms with Crippen molar-refractivity contribution in [3.8, 4) is 11.5 Å². The molecule has 0 radical (unpaired) electrons. The standard InChI is InChI=1S/C24H31NO3/c1-7-21(27-18-11-16(3)10-17(4)12-18)23(26)25-20-14-24(5,6)28-22-9-8-15(2)13-19(20)22/h8-13,20-21H,7,14H2,1-6H3,(H,25,26). The molecule has 2 atom stereocenters. The van der Waals surface area contributed by atoms with Crippen molar-refractivity contribution in [2.75, 3.05) is 0 Å². The molecule has 4 heteroatoms. The maximum Gasteiger partial charge on any atom is 0.261 e. The SMILES string of the molecule is CCC(Oc1cc(C)cc(C)c1)C(=O)NC1CC(C)(C)Oc2ccc(C)cc21. The molecule has 150 valence electrons. The van der Waals surface area contributed by atoms with E-state index in [1.807, 2.05) is 45.0 Å². The predicted octanol–water partition coefficient (Wildman–Crippen LogP) is 5.19. The Morgan fingerprint density at radius 2 is 1.82 bits per heavy atom. The van der Waals surface area contributed by atoms with Crippen LogP contribution in [0.5, 0.6) is 11.5 Å². The summed E-state index contributed by atoms with van der Waals surface area (Å²) in [6.07, 6.45) is 0.793. The van der Waals surface area contributed by atoms with Crippen LogP contribution in [0, 0.1) is 20.8 Å². The fraction of sp³-hybridized carbons (Fsp3) is 0.458. The lowest BCUT2D eigenvalue weighted by atomic mass is 9.88. The molecule has 0 bridgehead atoms. The Bertz CT molecular complexity index is 852. The average molecular weight is 382 g/mol. The number of benzene rings is 2. The van der Waals surface area contributed by atoms with Gasteiger partial charge in [0.05, 0.1) is 6.04 Å². The summed E-state index contributed by atoms with van der Waals surface area (Å²) in [5.74, 6) is 1.50. The number of nitrogens with one attached hydrogen (secondary N) is 1. The van der Waals surface area contributed by atoms with Crippen molar-refractivity contribution in [1.29, 1.82) is 0 Å². The maximum atomic E-state index is 13.0. The largest absolute Gasteiger partial charge is 0.487 e. The predicted molar refractivity (Wildman–Crippen MR) is 112 cm³/mol. The number of ether oxygens (including phenoxy) is 2. The van der Waals surface area contributed by atoms with Crippen LogP contribution >= 0.6 is 0 Å². The van der Waals surface area contributed by atoms with E-state index >= 15 is 0 Å². The van der Waals surface area contributed by atoms with E-state index in [4.69, 9.17) is 9.47 Å². The third-order valence-corrected chi connectivity index (χ3v) is 5.08. The first-order valence-electron chi connectivity index (χ1n) is 10.0. The van der Waals surface area contributed by atoms with Crippen LogP contribution in [0.3, 0.4) is 0 Å². The lowest BCUT2D eigenvalue weighted by Gasteiger charge is -2.38. The lowest BCUT2D eigenvalue weighted by molar-refractivity contribution is -0.129. The first-order chi connectivity index (χ1) is 13.2. The van der Waals surface area contributed by atoms with Gasteiger partial charge in [0.2, 0.25) is 0 Å². The Labute approximate surface area is 168 Å². The molecule has 0 fully saturated rings. The van der Waals surface area contributed by atoms with Gasteiger partial charge in [-0.05, 0) is 70.4 Å². The van der Waals surface area contributed by atoms with Crippen LogP contribution in [0.15, 0.2) is 36.4 Å². The Morgan fingerprint density at radius 1 is 1.14 bits per heavy atom. The number of carbonyl (C=O) groups excluding carboxylic acids is 1. The molecule has 1 heterocycles. The van der Waals surface area contributed by atoms with Gasteiger partial charge in [0.15, 0.2) is 6.10 Å². The second-order valence-corrected chi connectivity index (χ2v) is 8.51. The molecule has 4 nitrogen and oxygen atoms in total. The van der Waals surface area contributed by atoms with E-state index in [2.05, 4.69) is 38.2 Å². The summed E-state index contributed by atoms with van der Waals surface area (Å²) in [6, 6.07) is 12.1. The van der Waals surface area contributed by atoms with Gasteiger partial charge in [-0.1, -0.05) is 30.7 Å². The molecule has 0 aromatic heterocycles. The summed E-state index contributed by atoms with van der Waals surface area (Å²) in [5, 5.41) is 3.21. The van der Waals surface area contributed by atoms with Crippen molar-refractivity contribution in [2.24, 2.45) is 0 Å². The molecule has 2 aromatic carbocycles. The van der Waals surface area contributed by atoms with Gasteiger partial charge in [0, 0.05) is 12.0 Å². The van der Waals surface area contributed by atoms with Crippen molar-refractivity contribution >= 4 is 5.91 Å². The van der Waals surface area contributed by atoms with Gasteiger partial charge in [0.1, 0.15) is 17.1 Å². The van der Waals surface area contributed by atoms with Gasteiger partial charge in [0.25, 0.3) is 5.91 Å². The Hall–Kier alpha value is -2.49. The van der Waals surface area contributed by atoms with Crippen LogP contribution in [-0.4, -0.2) is 17.6 Å². The molecule has 1 amide bonds. The second kappa shape index (κ2) is 7.86. The molecule has 2 aromatic rings. The zero-order chi connectivity index (χ0) is 20.5. The van der Waals surface area contributed by atoms with Crippen molar-refractivity contribution in [3.05, 3.63) is 58.7 Å². The summed E-state index contributed by atoms with van der Waals surface area (Å²) >= 11 is 0. The average Bonchev–Trinajstić information content (AvgIpc) is 2.58. The number of carbonyl (C=O) groups is 1. The molecule has 3 rings (SSSR count). The van der Waals surface area contributed by atoms with Crippen LogP contribution in [-0.2, 0) is 4.79 Å². The van der Waals surface area contributed by atoms with Crippen molar-refractivity contribution in [2.45, 2.75) is 72.1 Å². The monoisotopic (exact) mass is 381 g/mol.